The standard InChI is InChI=1S/C16H23N3O3/c1-12(17)11-15(20)18-7-9-19(10-8-18)16(21)13-3-5-14(22-2)6-4-13/h3-6,12H,7-11,17H2,1-2H3. The van der Waals surface area contributed by atoms with Crippen molar-refractivity contribution >= 4 is 11.8 Å². The lowest BCUT2D eigenvalue weighted by Crippen LogP contribution is -2.51. The molecular weight excluding hydrogens is 282 g/mol. The van der Waals surface area contributed by atoms with Crippen LogP contribution in [0.5, 0.6) is 5.75 Å². The summed E-state index contributed by atoms with van der Waals surface area (Å²) in [6.07, 6.45) is 0.354. The summed E-state index contributed by atoms with van der Waals surface area (Å²) in [5, 5.41) is 0. The van der Waals surface area contributed by atoms with Crippen molar-refractivity contribution in [3.8, 4) is 5.75 Å². The summed E-state index contributed by atoms with van der Waals surface area (Å²) in [5.74, 6) is 0.774. The van der Waals surface area contributed by atoms with Gasteiger partial charge in [-0.25, -0.2) is 0 Å². The molecule has 1 unspecified atom stereocenters. The lowest BCUT2D eigenvalue weighted by molar-refractivity contribution is -0.132. The fourth-order valence-electron chi connectivity index (χ4n) is 2.48. The van der Waals surface area contributed by atoms with Crippen molar-refractivity contribution in [3.05, 3.63) is 29.8 Å². The molecule has 120 valence electrons. The second-order valence-corrected chi connectivity index (χ2v) is 5.58. The molecule has 6 heteroatoms. The third-order valence-corrected chi connectivity index (χ3v) is 3.75. The molecule has 1 saturated heterocycles. The number of amides is 2. The number of carbonyl (C=O) groups is 2. The Hall–Kier alpha value is -2.08. The van der Waals surface area contributed by atoms with Gasteiger partial charge in [-0.3, -0.25) is 9.59 Å². The van der Waals surface area contributed by atoms with Crippen molar-refractivity contribution in [2.75, 3.05) is 33.3 Å². The van der Waals surface area contributed by atoms with Gasteiger partial charge in [0.05, 0.1) is 7.11 Å². The Labute approximate surface area is 130 Å². The van der Waals surface area contributed by atoms with Crippen molar-refractivity contribution in [3.63, 3.8) is 0 Å². The van der Waals surface area contributed by atoms with Crippen LogP contribution in [0, 0.1) is 0 Å². The molecule has 1 aliphatic heterocycles. The lowest BCUT2D eigenvalue weighted by Gasteiger charge is -2.35. The first kappa shape index (κ1) is 16.3. The maximum Gasteiger partial charge on any atom is 0.253 e. The molecule has 2 N–H and O–H groups in total. The SMILES string of the molecule is COc1ccc(C(=O)N2CCN(C(=O)CC(C)N)CC2)cc1. The number of rotatable bonds is 4. The van der Waals surface area contributed by atoms with Crippen molar-refractivity contribution in [2.45, 2.75) is 19.4 Å². The van der Waals surface area contributed by atoms with Crippen LogP contribution in [0.15, 0.2) is 24.3 Å². The molecule has 6 nitrogen and oxygen atoms in total. The van der Waals surface area contributed by atoms with E-state index in [9.17, 15) is 9.59 Å². The van der Waals surface area contributed by atoms with Crippen LogP contribution in [0.2, 0.25) is 0 Å². The summed E-state index contributed by atoms with van der Waals surface area (Å²) in [6, 6.07) is 6.93. The predicted octanol–water partition coefficient (Wildman–Crippen LogP) is 0.717. The molecule has 22 heavy (non-hydrogen) atoms. The normalized spacial score (nSPS) is 16.3. The van der Waals surface area contributed by atoms with Crippen LogP contribution in [0.1, 0.15) is 23.7 Å². The minimum absolute atomic E-state index is 0.0121. The molecule has 1 aromatic rings. The van der Waals surface area contributed by atoms with Crippen molar-refractivity contribution < 1.29 is 14.3 Å². The number of nitrogens with two attached hydrogens (primary N) is 1. The number of ether oxygens (including phenoxy) is 1. The lowest BCUT2D eigenvalue weighted by atomic mass is 10.1. The molecule has 1 heterocycles. The van der Waals surface area contributed by atoms with Gasteiger partial charge in [-0.2, -0.15) is 0 Å². The zero-order chi connectivity index (χ0) is 16.1. The number of benzene rings is 1. The highest BCUT2D eigenvalue weighted by Crippen LogP contribution is 2.14. The second kappa shape index (κ2) is 7.26. The largest absolute Gasteiger partial charge is 0.497 e. The molecule has 0 spiro atoms. The van der Waals surface area contributed by atoms with E-state index in [-0.39, 0.29) is 17.9 Å². The average Bonchev–Trinajstić information content (AvgIpc) is 2.54. The van der Waals surface area contributed by atoms with Gasteiger partial charge in [0.15, 0.2) is 0 Å². The summed E-state index contributed by atoms with van der Waals surface area (Å²) in [6.45, 7) is 4.05. The zero-order valence-corrected chi connectivity index (χ0v) is 13.1. The van der Waals surface area contributed by atoms with E-state index in [0.29, 0.717) is 38.2 Å². The molecule has 2 amide bonds. The third kappa shape index (κ3) is 3.98. The molecule has 0 aromatic heterocycles. The van der Waals surface area contributed by atoms with Gasteiger partial charge in [0.1, 0.15) is 5.75 Å². The van der Waals surface area contributed by atoms with E-state index < -0.39 is 0 Å². The van der Waals surface area contributed by atoms with Gasteiger partial charge < -0.3 is 20.3 Å². The molecule has 0 radical (unpaired) electrons. The highest BCUT2D eigenvalue weighted by atomic mass is 16.5. The zero-order valence-electron chi connectivity index (χ0n) is 13.1. The summed E-state index contributed by atoms with van der Waals surface area (Å²) < 4.78 is 5.09. The van der Waals surface area contributed by atoms with Gasteiger partial charge in [-0.05, 0) is 31.2 Å². The van der Waals surface area contributed by atoms with Gasteiger partial charge in [-0.1, -0.05) is 0 Å². The van der Waals surface area contributed by atoms with Crippen LogP contribution in [0.3, 0.4) is 0 Å². The first-order chi connectivity index (χ1) is 10.5. The van der Waals surface area contributed by atoms with Crippen molar-refractivity contribution in [1.82, 2.24) is 9.80 Å². The first-order valence-electron chi connectivity index (χ1n) is 7.48. The topological polar surface area (TPSA) is 75.9 Å². The van der Waals surface area contributed by atoms with Crippen LogP contribution in [-0.2, 0) is 4.79 Å². The molecule has 2 rings (SSSR count). The Kier molecular flexibility index (Phi) is 5.38. The molecule has 1 fully saturated rings. The van der Waals surface area contributed by atoms with E-state index in [4.69, 9.17) is 10.5 Å². The Morgan fingerprint density at radius 1 is 1.14 bits per heavy atom. The van der Waals surface area contributed by atoms with Gasteiger partial charge in [0, 0.05) is 44.2 Å². The smallest absolute Gasteiger partial charge is 0.253 e. The molecule has 0 saturated carbocycles. The summed E-state index contributed by atoms with van der Waals surface area (Å²) in [5.41, 5.74) is 6.29. The van der Waals surface area contributed by atoms with Crippen molar-refractivity contribution in [2.24, 2.45) is 5.73 Å². The molecule has 1 atom stereocenters. The van der Waals surface area contributed by atoms with Crippen LogP contribution >= 0.6 is 0 Å². The van der Waals surface area contributed by atoms with E-state index in [0.717, 1.165) is 5.75 Å². The number of methoxy groups -OCH3 is 1. The average molecular weight is 305 g/mol. The minimum Gasteiger partial charge on any atom is -0.497 e. The van der Waals surface area contributed by atoms with E-state index in [1.165, 1.54) is 0 Å². The van der Waals surface area contributed by atoms with E-state index in [2.05, 4.69) is 0 Å². The maximum atomic E-state index is 12.4. The Balaban J connectivity index is 1.90. The number of piperazine rings is 1. The second-order valence-electron chi connectivity index (χ2n) is 5.58. The number of carbonyl (C=O) groups excluding carboxylic acids is 2. The quantitative estimate of drug-likeness (QED) is 0.889. The summed E-state index contributed by atoms with van der Waals surface area (Å²) in [7, 11) is 1.59. The van der Waals surface area contributed by atoms with E-state index >= 15 is 0 Å². The van der Waals surface area contributed by atoms with Gasteiger partial charge in [-0.15, -0.1) is 0 Å². The molecular formula is C16H23N3O3. The highest BCUT2D eigenvalue weighted by Gasteiger charge is 2.25. The Bertz CT molecular complexity index is 520. The van der Waals surface area contributed by atoms with E-state index in [1.807, 2.05) is 6.92 Å². The van der Waals surface area contributed by atoms with Gasteiger partial charge in [0.25, 0.3) is 5.91 Å². The number of nitrogens with zero attached hydrogens (tertiary/aromatic N) is 2. The molecule has 0 bridgehead atoms. The third-order valence-electron chi connectivity index (χ3n) is 3.75. The van der Waals surface area contributed by atoms with Gasteiger partial charge >= 0.3 is 0 Å². The van der Waals surface area contributed by atoms with Crippen LogP contribution < -0.4 is 10.5 Å². The Morgan fingerprint density at radius 2 is 1.68 bits per heavy atom. The summed E-state index contributed by atoms with van der Waals surface area (Å²) >= 11 is 0. The summed E-state index contributed by atoms with van der Waals surface area (Å²) in [4.78, 5) is 27.9. The molecule has 1 aliphatic rings. The molecule has 1 aromatic carbocycles. The van der Waals surface area contributed by atoms with Crippen molar-refractivity contribution in [1.29, 1.82) is 0 Å². The predicted molar refractivity (Wildman–Crippen MR) is 83.7 cm³/mol. The monoisotopic (exact) mass is 305 g/mol. The number of hydrogen-bond donors (Lipinski definition) is 1. The van der Waals surface area contributed by atoms with Crippen LogP contribution in [0.4, 0.5) is 0 Å². The Morgan fingerprint density at radius 3 is 2.18 bits per heavy atom. The van der Waals surface area contributed by atoms with Gasteiger partial charge in [0.2, 0.25) is 5.91 Å². The molecule has 0 aliphatic carbocycles. The maximum absolute atomic E-state index is 12.4. The minimum atomic E-state index is -0.133. The number of hydrogen-bond acceptors (Lipinski definition) is 4. The fraction of sp³-hybridized carbons (Fsp3) is 0.500. The van der Waals surface area contributed by atoms with Crippen LogP contribution in [-0.4, -0.2) is 60.9 Å². The van der Waals surface area contributed by atoms with E-state index in [1.54, 1.807) is 41.2 Å². The first-order valence-corrected chi connectivity index (χ1v) is 7.48. The highest BCUT2D eigenvalue weighted by molar-refractivity contribution is 5.94. The van der Waals surface area contributed by atoms with Crippen LogP contribution in [0.25, 0.3) is 0 Å². The fourth-order valence-corrected chi connectivity index (χ4v) is 2.48.